The highest BCUT2D eigenvalue weighted by atomic mass is 79.9. The molecule has 1 aromatic rings. The first-order chi connectivity index (χ1) is 7.54. The van der Waals surface area contributed by atoms with Gasteiger partial charge in [-0.1, -0.05) is 0 Å². The number of thiocarbonyl (C=S) groups is 1. The predicted octanol–water partition coefficient (Wildman–Crippen LogP) is 2.39. The maximum Gasteiger partial charge on any atom is 0.184 e. The van der Waals surface area contributed by atoms with E-state index >= 15 is 0 Å². The molecule has 0 unspecified atom stereocenters. The number of nitrogens with two attached hydrogens (primary N) is 1. The lowest BCUT2D eigenvalue weighted by Gasteiger charge is -2.06. The lowest BCUT2D eigenvalue weighted by molar-refractivity contribution is 0.409. The highest BCUT2D eigenvalue weighted by Crippen LogP contribution is 2.33. The minimum absolute atomic E-state index is 0.128. The number of ether oxygens (including phenoxy) is 1. The number of methoxy groups -OCH3 is 1. The Labute approximate surface area is 115 Å². The highest BCUT2D eigenvalue weighted by Gasteiger charge is 2.06. The van der Waals surface area contributed by atoms with Gasteiger partial charge >= 0.3 is 0 Å². The molecule has 86 valence electrons. The van der Waals surface area contributed by atoms with Gasteiger partial charge < -0.3 is 10.5 Å². The van der Waals surface area contributed by atoms with E-state index in [-0.39, 0.29) is 5.11 Å². The summed E-state index contributed by atoms with van der Waals surface area (Å²) in [6.45, 7) is 0. The van der Waals surface area contributed by atoms with Crippen LogP contribution in [0.2, 0.25) is 0 Å². The number of nitrogens with zero attached hydrogens (tertiary/aromatic N) is 1. The molecule has 0 heterocycles. The Morgan fingerprint density at radius 1 is 1.50 bits per heavy atom. The van der Waals surface area contributed by atoms with Crippen molar-refractivity contribution in [2.24, 2.45) is 10.8 Å². The first-order valence-corrected chi connectivity index (χ1v) is 6.15. The molecule has 3 N–H and O–H groups in total. The minimum atomic E-state index is 0.128. The average Bonchev–Trinajstić information content (AvgIpc) is 2.16. The van der Waals surface area contributed by atoms with Gasteiger partial charge in [-0.3, -0.25) is 5.43 Å². The molecule has 0 amide bonds. The van der Waals surface area contributed by atoms with Crippen LogP contribution in [-0.4, -0.2) is 18.4 Å². The number of rotatable bonds is 3. The summed E-state index contributed by atoms with van der Waals surface area (Å²) in [6, 6.07) is 3.74. The van der Waals surface area contributed by atoms with Gasteiger partial charge in [0.25, 0.3) is 0 Å². The second-order valence-electron chi connectivity index (χ2n) is 2.75. The van der Waals surface area contributed by atoms with Crippen LogP contribution in [0, 0.1) is 0 Å². The van der Waals surface area contributed by atoms with Gasteiger partial charge in [0.15, 0.2) is 5.11 Å². The number of hydrogen-bond donors (Lipinski definition) is 2. The summed E-state index contributed by atoms with van der Waals surface area (Å²) >= 11 is 11.4. The van der Waals surface area contributed by atoms with Gasteiger partial charge in [0.05, 0.1) is 22.3 Å². The molecule has 7 heteroatoms. The number of hydrogen-bond acceptors (Lipinski definition) is 3. The lowest BCUT2D eigenvalue weighted by Crippen LogP contribution is -2.23. The van der Waals surface area contributed by atoms with Gasteiger partial charge in [0.1, 0.15) is 5.75 Å². The summed E-state index contributed by atoms with van der Waals surface area (Å²) in [5.41, 5.74) is 8.59. The minimum Gasteiger partial charge on any atom is -0.494 e. The molecule has 0 radical (unpaired) electrons. The first kappa shape index (κ1) is 13.4. The Bertz CT molecular complexity index is 414. The van der Waals surface area contributed by atoms with Gasteiger partial charge in [-0.25, -0.2) is 0 Å². The van der Waals surface area contributed by atoms with Crippen LogP contribution in [0.25, 0.3) is 0 Å². The summed E-state index contributed by atoms with van der Waals surface area (Å²) in [5, 5.41) is 3.98. The number of benzene rings is 1. The fourth-order valence-corrected chi connectivity index (χ4v) is 2.62. The van der Waals surface area contributed by atoms with Crippen LogP contribution in [0.5, 0.6) is 5.75 Å². The quantitative estimate of drug-likeness (QED) is 0.490. The monoisotopic (exact) mass is 365 g/mol. The number of halogens is 2. The number of nitrogens with one attached hydrogen (secondary N) is 1. The average molecular weight is 367 g/mol. The molecule has 0 atom stereocenters. The molecular weight excluding hydrogens is 358 g/mol. The van der Waals surface area contributed by atoms with E-state index in [4.69, 9.17) is 10.5 Å². The maximum absolute atomic E-state index is 5.23. The molecule has 0 saturated carbocycles. The van der Waals surface area contributed by atoms with Crippen molar-refractivity contribution in [2.45, 2.75) is 0 Å². The van der Waals surface area contributed by atoms with Crippen LogP contribution in [0.1, 0.15) is 5.56 Å². The van der Waals surface area contributed by atoms with Crippen molar-refractivity contribution < 1.29 is 4.74 Å². The molecule has 0 aliphatic carbocycles. The summed E-state index contributed by atoms with van der Waals surface area (Å²) < 4.78 is 6.85. The van der Waals surface area contributed by atoms with Gasteiger partial charge in [-0.05, 0) is 61.8 Å². The smallest absolute Gasteiger partial charge is 0.184 e. The summed E-state index contributed by atoms with van der Waals surface area (Å²) in [7, 11) is 1.60. The summed E-state index contributed by atoms with van der Waals surface area (Å²) in [6.07, 6.45) is 1.61. The molecule has 0 bridgehead atoms. The molecular formula is C9H9Br2N3OS. The molecule has 0 aliphatic rings. The Morgan fingerprint density at radius 2 is 2.06 bits per heavy atom. The van der Waals surface area contributed by atoms with Gasteiger partial charge in [0.2, 0.25) is 0 Å². The zero-order valence-corrected chi connectivity index (χ0v) is 12.3. The van der Waals surface area contributed by atoms with Crippen molar-refractivity contribution in [3.63, 3.8) is 0 Å². The van der Waals surface area contributed by atoms with Crippen LogP contribution >= 0.6 is 44.1 Å². The van der Waals surface area contributed by atoms with Crippen molar-refractivity contribution in [3.05, 3.63) is 26.6 Å². The largest absolute Gasteiger partial charge is 0.494 e. The maximum atomic E-state index is 5.23. The standard InChI is InChI=1S/C9H9Br2N3OS/c1-15-8-6(10)2-5(3-7(8)11)4-13-14-9(12)16/h2-4H,1H3,(H3,12,14,16)/b13-4-. The van der Waals surface area contributed by atoms with Crippen molar-refractivity contribution in [3.8, 4) is 5.75 Å². The fourth-order valence-electron chi connectivity index (χ4n) is 1.02. The van der Waals surface area contributed by atoms with E-state index in [0.717, 1.165) is 20.3 Å². The Morgan fingerprint density at radius 3 is 2.50 bits per heavy atom. The fraction of sp³-hybridized carbons (Fsp3) is 0.111. The number of hydrazone groups is 1. The van der Waals surface area contributed by atoms with Crippen LogP contribution in [0.15, 0.2) is 26.2 Å². The van der Waals surface area contributed by atoms with E-state index in [2.05, 4.69) is 54.6 Å². The molecule has 0 saturated heterocycles. The van der Waals surface area contributed by atoms with Crippen molar-refractivity contribution in [2.75, 3.05) is 7.11 Å². The van der Waals surface area contributed by atoms with Gasteiger partial charge in [0, 0.05) is 0 Å². The van der Waals surface area contributed by atoms with Crippen molar-refractivity contribution in [1.29, 1.82) is 0 Å². The van der Waals surface area contributed by atoms with E-state index in [0.29, 0.717) is 0 Å². The third-order valence-electron chi connectivity index (χ3n) is 1.61. The van der Waals surface area contributed by atoms with Crippen molar-refractivity contribution >= 4 is 55.4 Å². The summed E-state index contributed by atoms with van der Waals surface area (Å²) in [5.74, 6) is 0.736. The van der Waals surface area contributed by atoms with Crippen LogP contribution in [0.3, 0.4) is 0 Å². The van der Waals surface area contributed by atoms with Crippen LogP contribution < -0.4 is 15.9 Å². The molecule has 0 aromatic heterocycles. The highest BCUT2D eigenvalue weighted by molar-refractivity contribution is 9.11. The second kappa shape index (κ2) is 6.17. The second-order valence-corrected chi connectivity index (χ2v) is 4.90. The summed E-state index contributed by atoms with van der Waals surface area (Å²) in [4.78, 5) is 0. The van der Waals surface area contributed by atoms with E-state index in [9.17, 15) is 0 Å². The van der Waals surface area contributed by atoms with Crippen molar-refractivity contribution in [1.82, 2.24) is 5.43 Å². The van der Waals surface area contributed by atoms with E-state index < -0.39 is 0 Å². The molecule has 0 fully saturated rings. The molecule has 16 heavy (non-hydrogen) atoms. The Hall–Kier alpha value is -0.660. The SMILES string of the molecule is COc1c(Br)cc(/C=N\NC(N)=S)cc1Br. The van der Waals surface area contributed by atoms with Crippen LogP contribution in [-0.2, 0) is 0 Å². The molecule has 1 rings (SSSR count). The van der Waals surface area contributed by atoms with E-state index in [1.165, 1.54) is 0 Å². The Balaban J connectivity index is 2.91. The normalized spacial score (nSPS) is 10.4. The lowest BCUT2D eigenvalue weighted by atomic mass is 10.2. The topological polar surface area (TPSA) is 59.6 Å². The Kier molecular flexibility index (Phi) is 5.17. The molecule has 0 aliphatic heterocycles. The predicted molar refractivity (Wildman–Crippen MR) is 75.9 cm³/mol. The third kappa shape index (κ3) is 3.73. The zero-order valence-electron chi connectivity index (χ0n) is 8.33. The first-order valence-electron chi connectivity index (χ1n) is 4.16. The van der Waals surface area contributed by atoms with Gasteiger partial charge in [-0.2, -0.15) is 5.10 Å². The van der Waals surface area contributed by atoms with Gasteiger partial charge in [-0.15, -0.1) is 0 Å². The third-order valence-corrected chi connectivity index (χ3v) is 2.88. The molecule has 4 nitrogen and oxygen atoms in total. The van der Waals surface area contributed by atoms with Crippen LogP contribution in [0.4, 0.5) is 0 Å². The van der Waals surface area contributed by atoms with E-state index in [1.807, 2.05) is 12.1 Å². The van der Waals surface area contributed by atoms with E-state index in [1.54, 1.807) is 13.3 Å². The molecule has 0 spiro atoms. The molecule has 1 aromatic carbocycles. The zero-order chi connectivity index (χ0) is 12.1.